The number of piperidine rings is 1. The van der Waals surface area contributed by atoms with Crippen molar-refractivity contribution in [2.24, 2.45) is 28.2 Å². The highest BCUT2D eigenvalue weighted by atomic mass is 15.1. The van der Waals surface area contributed by atoms with E-state index >= 15 is 0 Å². The summed E-state index contributed by atoms with van der Waals surface area (Å²) in [5.41, 5.74) is 37.9. The van der Waals surface area contributed by atoms with E-state index < -0.39 is 23.6 Å². The van der Waals surface area contributed by atoms with Gasteiger partial charge in [0.15, 0.2) is 24.8 Å². The van der Waals surface area contributed by atoms with Gasteiger partial charge in [0.1, 0.15) is 28.2 Å². The Morgan fingerprint density at radius 3 is 0.803 bits per heavy atom. The number of hydrogen-bond donors (Lipinski definition) is 0. The van der Waals surface area contributed by atoms with Crippen molar-refractivity contribution >= 4 is 54.5 Å². The van der Waals surface area contributed by atoms with Crippen LogP contribution in [-0.2, 0) is 28.2 Å². The second kappa shape index (κ2) is 43.8. The maximum absolute atomic E-state index is 9.55. The van der Waals surface area contributed by atoms with Crippen LogP contribution in [0.2, 0.25) is 0 Å². The minimum atomic E-state index is -0.542. The van der Waals surface area contributed by atoms with Gasteiger partial charge in [-0.15, -0.1) is 0 Å². The molecule has 0 radical (unpaired) electrons. The van der Waals surface area contributed by atoms with E-state index in [0.717, 1.165) is 119 Å². The van der Waals surface area contributed by atoms with Crippen LogP contribution in [-0.4, -0.2) is 27.2 Å². The van der Waals surface area contributed by atoms with E-state index in [9.17, 15) is 5.48 Å². The van der Waals surface area contributed by atoms with Gasteiger partial charge in [-0.05, 0) is 346 Å². The molecule has 5 heterocycles. The number of pyridine rings is 4. The molecule has 4 aliphatic carbocycles. The fraction of sp³-hybridized carbons (Fsp3) is 0.294. The third-order valence-electron chi connectivity index (χ3n) is 31.4. The summed E-state index contributed by atoms with van der Waals surface area (Å²) >= 11 is 0. The Balaban J connectivity index is 0.000000118. The highest BCUT2D eigenvalue weighted by Crippen LogP contribution is 2.47. The van der Waals surface area contributed by atoms with Crippen molar-refractivity contribution in [3.05, 3.63) is 396 Å². The molecule has 5 aliphatic rings. The summed E-state index contributed by atoms with van der Waals surface area (Å²) in [4.78, 5) is 4.68. The Bertz CT molecular complexity index is 7820. The second-order valence-corrected chi connectivity index (χ2v) is 41.5. The molecule has 4 aromatic heterocycles. The Labute approximate surface area is 851 Å². The van der Waals surface area contributed by atoms with E-state index in [-0.39, 0.29) is 0 Å². The second-order valence-electron chi connectivity index (χ2n) is 41.5. The summed E-state index contributed by atoms with van der Waals surface area (Å²) in [7, 11) is 12.7. The quantitative estimate of drug-likeness (QED) is 0.0900. The van der Waals surface area contributed by atoms with Crippen molar-refractivity contribution in [2.75, 3.05) is 37.0 Å². The highest BCUT2D eigenvalue weighted by molar-refractivity contribution is 5.96. The van der Waals surface area contributed by atoms with Crippen LogP contribution in [0.3, 0.4) is 0 Å². The molecule has 0 atom stereocenters. The fourth-order valence-electron chi connectivity index (χ4n) is 23.2. The van der Waals surface area contributed by atoms with Gasteiger partial charge < -0.3 is 9.80 Å². The molecular weight excluding hydrogens is 1720 g/mol. The molecule has 6 nitrogen and oxygen atoms in total. The van der Waals surface area contributed by atoms with Gasteiger partial charge >= 0.3 is 0 Å². The SMILES string of the molecule is [2H]C1(c2c[n+](C)c(-c3ccccc3C)cc2-c2ccc3cc(-c4ccc(C)cc4)ccc3c2)CCCCC1.[2H]C1(c2c[n+](C)c(-c3ccccc3C)cc2-c2ccc3cc(-c4ccccc4)ccc3c2)CCCCC1.[2H]C1(c2c[n+](C)c(-c3ccccc3C)cc2-c2ccc3cc(N(C)C)ccc3c2)CCCCC1.[2H]C1(c2c[n+](C)c(-c3ccccc3C)cc2-c2ccc3cc(N4CCCCC4)ccc3c2)CCCCC1. The van der Waals surface area contributed by atoms with Gasteiger partial charge in [-0.3, -0.25) is 0 Å². The zero-order chi connectivity index (χ0) is 101. The standard InChI is InChI=1S/C36H36N.C35H34N.C34H39N2.C31H35N2/c1-25-13-15-27(16-14-25)29-17-18-31-22-32(20-19-30(31)21-29)34-23-36(33-12-8-7-9-26(33)2)37(3)24-35(34)28-10-5-4-6-11-28;1-25-11-9-10-16-32(25)35-23-33(34(24-36(35)2)27-14-7-4-8-15-27)31-20-19-29-21-28(17-18-30(29)22-31)26-12-5-3-6-13-26;1-25-11-7-8-14-31(25)34-23-32(33(24-35(34)2)26-12-5-3-6-13-26)29-16-15-28-22-30(18-17-27(28)21-29)36-19-9-4-10-20-36;1-22-10-8-9-13-28(22)31-20-29(30(21-33(31)4)23-11-6-5-7-12-23)26-15-14-25-19-27(32(2)3)17-16-24(25)18-26/h7-9,12-24,28H,4-6,10-11H2,1-3H3;3,5-6,9-13,16-24,27H,4,7-8,14-15H2,1-2H3;7-8,11,14-18,21-24,26H,3-6,9-10,12-13,19-20H2,1-2H3;8-10,13-21,23H,5-7,11-12H2,1-4H3/q4*+1/i28D;27D;26D;23D. The van der Waals surface area contributed by atoms with Crippen molar-refractivity contribution in [3.63, 3.8) is 0 Å². The van der Waals surface area contributed by atoms with E-state index in [2.05, 4.69) is 451 Å². The topological polar surface area (TPSA) is 22.0 Å². The minimum Gasteiger partial charge on any atom is -0.378 e. The van der Waals surface area contributed by atoms with E-state index in [4.69, 9.17) is 0 Å². The van der Waals surface area contributed by atoms with Crippen molar-refractivity contribution in [2.45, 2.75) is 206 Å². The van der Waals surface area contributed by atoms with Gasteiger partial charge in [0.2, 0.25) is 22.8 Å². The molecule has 23 rings (SSSR count). The summed E-state index contributed by atoms with van der Waals surface area (Å²) in [5.74, 6) is -2.14. The number of nitrogens with zero attached hydrogens (tertiary/aromatic N) is 6. The van der Waals surface area contributed by atoms with E-state index in [0.29, 0.717) is 0 Å². The number of hydrogen-bond acceptors (Lipinski definition) is 2. The van der Waals surface area contributed by atoms with Gasteiger partial charge in [-0.1, -0.05) is 295 Å². The first-order chi connectivity index (χ1) is 70.8. The number of aromatic nitrogens is 4. The number of anilines is 2. The third kappa shape index (κ3) is 21.4. The molecule has 0 N–H and O–H groups in total. The van der Waals surface area contributed by atoms with Gasteiger partial charge in [0.25, 0.3) is 0 Å². The zero-order valence-electron chi connectivity index (χ0n) is 89.8. The average Bonchev–Trinajstić information content (AvgIpc) is 0.762. The molecule has 18 aromatic rings. The molecule has 0 unspecified atom stereocenters. The molecule has 14 aromatic carbocycles. The first-order valence-electron chi connectivity index (χ1n) is 54.9. The monoisotopic (exact) mass is 1870 g/mol. The Kier molecular flexibility index (Phi) is 28.0. The van der Waals surface area contributed by atoms with Gasteiger partial charge in [0.05, 0.1) is 0 Å². The van der Waals surface area contributed by atoms with E-state index in [1.807, 2.05) is 0 Å². The smallest absolute Gasteiger partial charge is 0.213 e. The lowest BCUT2D eigenvalue weighted by Crippen LogP contribution is -2.32. The molecule has 0 amide bonds. The molecular formula is C136H144N6+4. The first-order valence-corrected chi connectivity index (χ1v) is 52.9. The maximum Gasteiger partial charge on any atom is 0.213 e. The van der Waals surface area contributed by atoms with Gasteiger partial charge in [0, 0.05) is 113 Å². The van der Waals surface area contributed by atoms with Crippen LogP contribution in [0.5, 0.6) is 0 Å². The molecule has 0 bridgehead atoms. The maximum atomic E-state index is 9.55. The van der Waals surface area contributed by atoms with Gasteiger partial charge in [-0.2, -0.15) is 0 Å². The summed E-state index contributed by atoms with van der Waals surface area (Å²) in [5, 5.41) is 10.0. The van der Waals surface area contributed by atoms with Crippen molar-refractivity contribution in [1.29, 1.82) is 0 Å². The molecule has 1 aliphatic heterocycles. The molecule has 714 valence electrons. The predicted octanol–water partition coefficient (Wildman–Crippen LogP) is 34.1. The normalized spacial score (nSPS) is 16.3. The lowest BCUT2D eigenvalue weighted by atomic mass is 9.81. The molecule has 0 spiro atoms. The largest absolute Gasteiger partial charge is 0.378 e. The van der Waals surface area contributed by atoms with Crippen LogP contribution in [0.25, 0.3) is 155 Å². The first kappa shape index (κ1) is 90.8. The van der Waals surface area contributed by atoms with Crippen LogP contribution in [0, 0.1) is 34.6 Å². The van der Waals surface area contributed by atoms with Crippen LogP contribution in [0.15, 0.2) is 346 Å². The zero-order valence-corrected chi connectivity index (χ0v) is 85.8. The lowest BCUT2D eigenvalue weighted by molar-refractivity contribution is -0.660. The Hall–Kier alpha value is -13.7. The van der Waals surface area contributed by atoms with Gasteiger partial charge in [-0.25, -0.2) is 18.3 Å². The summed E-state index contributed by atoms with van der Waals surface area (Å²) in [6.45, 7) is 13.2. The molecule has 142 heavy (non-hydrogen) atoms. The number of benzene rings is 14. The van der Waals surface area contributed by atoms with Crippen LogP contribution >= 0.6 is 0 Å². The van der Waals surface area contributed by atoms with Crippen molar-refractivity contribution < 1.29 is 23.8 Å². The number of aryl methyl sites for hydroxylation is 9. The molecule has 5 fully saturated rings. The summed E-state index contributed by atoms with van der Waals surface area (Å²) in [6, 6.07) is 118. The third-order valence-corrected chi connectivity index (χ3v) is 31.4. The molecule has 4 saturated carbocycles. The predicted molar refractivity (Wildman–Crippen MR) is 602 cm³/mol. The summed E-state index contributed by atoms with van der Waals surface area (Å²) < 4.78 is 47.1. The number of rotatable bonds is 16. The highest BCUT2D eigenvalue weighted by Gasteiger charge is 2.32. The van der Waals surface area contributed by atoms with E-state index in [1.54, 1.807) is 0 Å². The molecule has 1 saturated heterocycles. The Morgan fingerprint density at radius 1 is 0.232 bits per heavy atom. The summed E-state index contributed by atoms with van der Waals surface area (Å²) in [6.07, 6.45) is 34.5. The minimum absolute atomic E-state index is 0.525. The van der Waals surface area contributed by atoms with E-state index in [1.165, 1.54) is 258 Å². The van der Waals surface area contributed by atoms with Crippen LogP contribution in [0.1, 0.15) is 227 Å². The average molecular weight is 1870 g/mol. The van der Waals surface area contributed by atoms with Crippen LogP contribution in [0.4, 0.5) is 11.4 Å². The Morgan fingerprint density at radius 2 is 0.486 bits per heavy atom. The van der Waals surface area contributed by atoms with Crippen molar-refractivity contribution in [3.8, 4) is 112 Å². The number of fused-ring (bicyclic) bond motifs is 4. The lowest BCUT2D eigenvalue weighted by Gasteiger charge is -2.29. The van der Waals surface area contributed by atoms with Crippen molar-refractivity contribution in [1.82, 2.24) is 0 Å². The molecule has 6 heteroatoms. The van der Waals surface area contributed by atoms with Crippen LogP contribution < -0.4 is 28.1 Å². The fourth-order valence-corrected chi connectivity index (χ4v) is 23.2.